The molecule has 1 aromatic carbocycles. The molecule has 0 bridgehead atoms. The van der Waals surface area contributed by atoms with Crippen molar-refractivity contribution in [2.45, 2.75) is 31.9 Å². The topological polar surface area (TPSA) is 61.8 Å². The molecule has 124 valence electrons. The highest BCUT2D eigenvalue weighted by molar-refractivity contribution is 8.15. The number of amides is 2. The van der Waals surface area contributed by atoms with Crippen molar-refractivity contribution < 1.29 is 9.59 Å². The summed E-state index contributed by atoms with van der Waals surface area (Å²) in [6.45, 7) is 5.68. The van der Waals surface area contributed by atoms with E-state index in [4.69, 9.17) is 0 Å². The van der Waals surface area contributed by atoms with Gasteiger partial charge < -0.3 is 5.32 Å². The number of hydrogen-bond acceptors (Lipinski definition) is 4. The number of carbonyl (C=O) groups is 2. The Morgan fingerprint density at radius 1 is 1.30 bits per heavy atom. The molecule has 1 aliphatic heterocycles. The second-order valence-corrected chi connectivity index (χ2v) is 6.41. The largest absolute Gasteiger partial charge is 0.356 e. The van der Waals surface area contributed by atoms with Crippen LogP contribution in [0.4, 0.5) is 0 Å². The maximum Gasteiger partial charge on any atom is 0.242 e. The van der Waals surface area contributed by atoms with Gasteiger partial charge in [-0.2, -0.15) is 0 Å². The minimum atomic E-state index is -0.350. The molecule has 1 aliphatic rings. The van der Waals surface area contributed by atoms with Crippen molar-refractivity contribution in [3.05, 3.63) is 35.9 Å². The summed E-state index contributed by atoms with van der Waals surface area (Å²) >= 11 is 1.40. The molecule has 0 spiro atoms. The molecule has 0 saturated carbocycles. The van der Waals surface area contributed by atoms with E-state index in [0.717, 1.165) is 11.6 Å². The molecule has 1 unspecified atom stereocenters. The SMILES string of the molecule is CCN=C1SC(CC(=O)NCCc2ccccc2)C(=O)N1CC. The fourth-order valence-corrected chi connectivity index (χ4v) is 3.69. The van der Waals surface area contributed by atoms with Crippen LogP contribution in [-0.4, -0.2) is 46.8 Å². The molecule has 6 heteroatoms. The van der Waals surface area contributed by atoms with Crippen LogP contribution in [0.2, 0.25) is 0 Å². The van der Waals surface area contributed by atoms with Crippen molar-refractivity contribution in [1.29, 1.82) is 0 Å². The molecule has 1 fully saturated rings. The van der Waals surface area contributed by atoms with Crippen LogP contribution in [0.1, 0.15) is 25.8 Å². The van der Waals surface area contributed by atoms with Crippen molar-refractivity contribution >= 4 is 28.7 Å². The summed E-state index contributed by atoms with van der Waals surface area (Å²) < 4.78 is 0. The van der Waals surface area contributed by atoms with Gasteiger partial charge in [0.1, 0.15) is 5.25 Å². The zero-order valence-electron chi connectivity index (χ0n) is 13.6. The Kier molecular flexibility index (Phi) is 6.65. The molecule has 0 aromatic heterocycles. The van der Waals surface area contributed by atoms with E-state index >= 15 is 0 Å². The Balaban J connectivity index is 1.81. The van der Waals surface area contributed by atoms with E-state index in [1.807, 2.05) is 44.2 Å². The van der Waals surface area contributed by atoms with Crippen molar-refractivity contribution in [2.24, 2.45) is 4.99 Å². The van der Waals surface area contributed by atoms with Gasteiger partial charge in [0.25, 0.3) is 0 Å². The minimum Gasteiger partial charge on any atom is -0.356 e. The second-order valence-electron chi connectivity index (χ2n) is 5.24. The maximum atomic E-state index is 12.3. The van der Waals surface area contributed by atoms with Gasteiger partial charge >= 0.3 is 0 Å². The molecule has 2 amide bonds. The molecule has 1 N–H and O–H groups in total. The molecule has 1 saturated heterocycles. The van der Waals surface area contributed by atoms with Crippen LogP contribution >= 0.6 is 11.8 Å². The van der Waals surface area contributed by atoms with Crippen LogP contribution in [0, 0.1) is 0 Å². The highest BCUT2D eigenvalue weighted by atomic mass is 32.2. The van der Waals surface area contributed by atoms with E-state index in [9.17, 15) is 9.59 Å². The lowest BCUT2D eigenvalue weighted by atomic mass is 10.1. The molecular formula is C17H23N3O2S. The van der Waals surface area contributed by atoms with E-state index in [0.29, 0.717) is 19.6 Å². The van der Waals surface area contributed by atoms with Crippen LogP contribution in [-0.2, 0) is 16.0 Å². The number of amidine groups is 1. The van der Waals surface area contributed by atoms with Crippen molar-refractivity contribution in [3.8, 4) is 0 Å². The zero-order valence-corrected chi connectivity index (χ0v) is 14.4. The Bertz CT molecular complexity index is 574. The van der Waals surface area contributed by atoms with Crippen molar-refractivity contribution in [3.63, 3.8) is 0 Å². The fourth-order valence-electron chi connectivity index (χ4n) is 2.42. The summed E-state index contributed by atoms with van der Waals surface area (Å²) in [5.41, 5.74) is 1.19. The predicted molar refractivity (Wildman–Crippen MR) is 94.5 cm³/mol. The third kappa shape index (κ3) is 4.82. The first kappa shape index (κ1) is 17.5. The van der Waals surface area contributed by atoms with E-state index in [1.54, 1.807) is 4.90 Å². The molecule has 0 aliphatic carbocycles. The van der Waals surface area contributed by atoms with E-state index in [1.165, 1.54) is 17.3 Å². The van der Waals surface area contributed by atoms with Crippen LogP contribution in [0.5, 0.6) is 0 Å². The van der Waals surface area contributed by atoms with Crippen molar-refractivity contribution in [1.82, 2.24) is 10.2 Å². The van der Waals surface area contributed by atoms with Gasteiger partial charge in [0.05, 0.1) is 0 Å². The third-order valence-electron chi connectivity index (χ3n) is 3.58. The first-order valence-corrected chi connectivity index (χ1v) is 8.86. The number of aliphatic imine (C=N–C) groups is 1. The molecule has 1 heterocycles. The number of hydrogen-bond donors (Lipinski definition) is 1. The van der Waals surface area contributed by atoms with Gasteiger partial charge in [0, 0.05) is 26.1 Å². The summed E-state index contributed by atoms with van der Waals surface area (Å²) in [4.78, 5) is 30.4. The first-order valence-electron chi connectivity index (χ1n) is 7.98. The Labute approximate surface area is 141 Å². The highest BCUT2D eigenvalue weighted by Crippen LogP contribution is 2.29. The number of benzene rings is 1. The number of carbonyl (C=O) groups excluding carboxylic acids is 2. The molecule has 0 radical (unpaired) electrons. The first-order chi connectivity index (χ1) is 11.2. The maximum absolute atomic E-state index is 12.3. The molecule has 1 aromatic rings. The lowest BCUT2D eigenvalue weighted by Crippen LogP contribution is -2.35. The Hall–Kier alpha value is -1.82. The van der Waals surface area contributed by atoms with Gasteiger partial charge in [-0.05, 0) is 25.8 Å². The average molecular weight is 333 g/mol. The van der Waals surface area contributed by atoms with Crippen LogP contribution in [0.25, 0.3) is 0 Å². The third-order valence-corrected chi connectivity index (χ3v) is 4.79. The predicted octanol–water partition coefficient (Wildman–Crippen LogP) is 2.08. The van der Waals surface area contributed by atoms with E-state index in [-0.39, 0.29) is 23.5 Å². The van der Waals surface area contributed by atoms with Crippen LogP contribution in [0.15, 0.2) is 35.3 Å². The molecule has 23 heavy (non-hydrogen) atoms. The normalized spacial score (nSPS) is 19.4. The van der Waals surface area contributed by atoms with Crippen LogP contribution < -0.4 is 5.32 Å². The zero-order chi connectivity index (χ0) is 16.7. The van der Waals surface area contributed by atoms with E-state index in [2.05, 4.69) is 10.3 Å². The number of thioether (sulfide) groups is 1. The Morgan fingerprint density at radius 3 is 2.70 bits per heavy atom. The molecule has 1 atom stereocenters. The second kappa shape index (κ2) is 8.72. The number of rotatable bonds is 7. The van der Waals surface area contributed by atoms with Gasteiger partial charge in [-0.15, -0.1) is 0 Å². The minimum absolute atomic E-state index is 0.0112. The summed E-state index contributed by atoms with van der Waals surface area (Å²) in [6, 6.07) is 10.0. The summed E-state index contributed by atoms with van der Waals surface area (Å²) in [5, 5.41) is 3.28. The molecular weight excluding hydrogens is 310 g/mol. The molecule has 5 nitrogen and oxygen atoms in total. The quantitative estimate of drug-likeness (QED) is 0.831. The Morgan fingerprint density at radius 2 is 2.04 bits per heavy atom. The average Bonchev–Trinajstić information content (AvgIpc) is 2.84. The van der Waals surface area contributed by atoms with E-state index < -0.39 is 0 Å². The molecule has 2 rings (SSSR count). The van der Waals surface area contributed by atoms with Crippen molar-refractivity contribution in [2.75, 3.05) is 19.6 Å². The standard InChI is InChI=1S/C17H23N3O2S/c1-3-18-17-20(4-2)16(22)14(23-17)12-15(21)19-11-10-13-8-6-5-7-9-13/h5-9,14H,3-4,10-12H2,1-2H3,(H,19,21). The summed E-state index contributed by atoms with van der Waals surface area (Å²) in [7, 11) is 0. The summed E-state index contributed by atoms with van der Waals surface area (Å²) in [5.74, 6) is -0.0940. The van der Waals surface area contributed by atoms with Gasteiger partial charge in [-0.3, -0.25) is 19.5 Å². The van der Waals surface area contributed by atoms with Gasteiger partial charge in [0.2, 0.25) is 11.8 Å². The monoisotopic (exact) mass is 333 g/mol. The lowest BCUT2D eigenvalue weighted by Gasteiger charge is -2.13. The van der Waals surface area contributed by atoms with Gasteiger partial charge in [0.15, 0.2) is 5.17 Å². The number of nitrogens with one attached hydrogen (secondary N) is 1. The van der Waals surface area contributed by atoms with Crippen LogP contribution in [0.3, 0.4) is 0 Å². The fraction of sp³-hybridized carbons (Fsp3) is 0.471. The lowest BCUT2D eigenvalue weighted by molar-refractivity contribution is -0.129. The smallest absolute Gasteiger partial charge is 0.242 e. The van der Waals surface area contributed by atoms with Gasteiger partial charge in [-0.1, -0.05) is 42.1 Å². The highest BCUT2D eigenvalue weighted by Gasteiger charge is 2.37. The number of nitrogens with zero attached hydrogens (tertiary/aromatic N) is 2. The summed E-state index contributed by atoms with van der Waals surface area (Å²) in [6.07, 6.45) is 0.999. The van der Waals surface area contributed by atoms with Gasteiger partial charge in [-0.25, -0.2) is 0 Å².